The van der Waals surface area contributed by atoms with Gasteiger partial charge in [0.2, 0.25) is 0 Å². The Morgan fingerprint density at radius 3 is 2.93 bits per heavy atom. The molecular weight excluding hydrogens is 388 g/mol. The summed E-state index contributed by atoms with van der Waals surface area (Å²) in [6.07, 6.45) is 0.963. The second-order valence-electron chi connectivity index (χ2n) is 6.82. The lowest BCUT2D eigenvalue weighted by atomic mass is 10.1. The van der Waals surface area contributed by atoms with E-state index < -0.39 is 0 Å². The average molecular weight is 411 g/mol. The molecule has 0 saturated heterocycles. The number of rotatable bonds is 4. The predicted octanol–water partition coefficient (Wildman–Crippen LogP) is 5.56. The molecule has 2 heterocycles. The summed E-state index contributed by atoms with van der Waals surface area (Å²) in [7, 11) is 0. The van der Waals surface area contributed by atoms with Crippen LogP contribution in [0, 0.1) is 6.92 Å². The van der Waals surface area contributed by atoms with Gasteiger partial charge in [0.25, 0.3) is 5.91 Å². The highest BCUT2D eigenvalue weighted by Gasteiger charge is 2.25. The topological polar surface area (TPSA) is 42.4 Å². The second kappa shape index (κ2) is 8.37. The van der Waals surface area contributed by atoms with Gasteiger partial charge in [-0.3, -0.25) is 4.79 Å². The molecule has 1 unspecified atom stereocenters. The third kappa shape index (κ3) is 4.23. The molecule has 1 atom stereocenters. The average Bonchev–Trinajstić information content (AvgIpc) is 3.04. The van der Waals surface area contributed by atoms with Crippen molar-refractivity contribution >= 4 is 34.7 Å². The Morgan fingerprint density at radius 1 is 1.25 bits per heavy atom. The molecule has 4 rings (SSSR count). The maximum absolute atomic E-state index is 13.3. The first-order valence-corrected chi connectivity index (χ1v) is 11.1. The number of hydrogen-bond acceptors (Lipinski definition) is 5. The van der Waals surface area contributed by atoms with Gasteiger partial charge in [0.05, 0.1) is 16.4 Å². The molecule has 2 aromatic carbocycles. The van der Waals surface area contributed by atoms with Crippen LogP contribution in [0.15, 0.2) is 58.8 Å². The lowest BCUT2D eigenvalue weighted by Crippen LogP contribution is -2.32. The first-order valence-electron chi connectivity index (χ1n) is 9.31. The highest BCUT2D eigenvalue weighted by Crippen LogP contribution is 2.38. The number of carbonyl (C=O) groups excluding carboxylic acids is 1. The van der Waals surface area contributed by atoms with Gasteiger partial charge in [-0.15, -0.1) is 23.1 Å². The molecule has 6 heteroatoms. The van der Waals surface area contributed by atoms with Gasteiger partial charge in [-0.2, -0.15) is 0 Å². The van der Waals surface area contributed by atoms with Gasteiger partial charge in [-0.1, -0.05) is 25.1 Å². The van der Waals surface area contributed by atoms with Gasteiger partial charge in [0, 0.05) is 27.6 Å². The number of nitrogens with zero attached hydrogens (tertiary/aromatic N) is 2. The minimum atomic E-state index is 0.0112. The van der Waals surface area contributed by atoms with E-state index in [0.717, 1.165) is 27.7 Å². The van der Waals surface area contributed by atoms with Crippen molar-refractivity contribution in [1.29, 1.82) is 0 Å². The van der Waals surface area contributed by atoms with Crippen molar-refractivity contribution in [3.63, 3.8) is 0 Å². The summed E-state index contributed by atoms with van der Waals surface area (Å²) in [5.41, 5.74) is 2.54. The summed E-state index contributed by atoms with van der Waals surface area (Å²) in [5.74, 6) is 0.694. The largest absolute Gasteiger partial charge is 0.487 e. The fraction of sp³-hybridized carbons (Fsp3) is 0.273. The molecule has 1 amide bonds. The van der Waals surface area contributed by atoms with Crippen LogP contribution >= 0.6 is 23.1 Å². The quantitative estimate of drug-likeness (QED) is 0.565. The molecule has 0 bridgehead atoms. The smallest absolute Gasteiger partial charge is 0.258 e. The lowest BCUT2D eigenvalue weighted by Gasteiger charge is -2.22. The van der Waals surface area contributed by atoms with E-state index in [0.29, 0.717) is 29.7 Å². The number of fused-ring (bicyclic) bond motifs is 1. The minimum Gasteiger partial charge on any atom is -0.487 e. The number of anilines is 1. The molecule has 3 aromatic rings. The van der Waals surface area contributed by atoms with Gasteiger partial charge >= 0.3 is 0 Å². The van der Waals surface area contributed by atoms with Crippen LogP contribution < -0.4 is 9.64 Å². The molecule has 0 N–H and O–H groups in total. The Labute approximate surface area is 173 Å². The molecule has 0 saturated carbocycles. The van der Waals surface area contributed by atoms with E-state index in [-0.39, 0.29) is 5.91 Å². The van der Waals surface area contributed by atoms with Crippen LogP contribution in [-0.2, 0) is 6.61 Å². The standard InChI is InChI=1S/C22H22N2O2S2/c1-15-10-11-24(20-8-3-4-9-21(20)28-15)22(25)17-6-5-7-19(12-17)26-13-18-14-27-16(2)23-18/h3-9,12,14-15H,10-11,13H2,1-2H3. The van der Waals surface area contributed by atoms with Crippen LogP contribution in [0.2, 0.25) is 0 Å². The molecule has 1 aromatic heterocycles. The Kier molecular flexibility index (Phi) is 5.69. The van der Waals surface area contributed by atoms with E-state index >= 15 is 0 Å². The van der Waals surface area contributed by atoms with Crippen LogP contribution in [0.4, 0.5) is 5.69 Å². The number of ether oxygens (including phenoxy) is 1. The third-order valence-corrected chi connectivity index (χ3v) is 6.68. The fourth-order valence-electron chi connectivity index (χ4n) is 3.20. The SMILES string of the molecule is Cc1nc(COc2cccc(C(=O)N3CCC(C)Sc4ccccc43)c2)cs1. The first-order chi connectivity index (χ1) is 13.6. The zero-order chi connectivity index (χ0) is 19.5. The zero-order valence-corrected chi connectivity index (χ0v) is 17.6. The molecule has 0 spiro atoms. The van der Waals surface area contributed by atoms with Crippen LogP contribution in [0.1, 0.15) is 34.4 Å². The van der Waals surface area contributed by atoms with Crippen LogP contribution in [0.25, 0.3) is 0 Å². The fourth-order valence-corrected chi connectivity index (χ4v) is 4.91. The van der Waals surface area contributed by atoms with Crippen molar-refractivity contribution < 1.29 is 9.53 Å². The number of thiazole rings is 1. The van der Waals surface area contributed by atoms with Crippen molar-refractivity contribution in [3.05, 3.63) is 70.2 Å². The van der Waals surface area contributed by atoms with Crippen LogP contribution in [0.3, 0.4) is 0 Å². The Bertz CT molecular complexity index is 986. The predicted molar refractivity (Wildman–Crippen MR) is 116 cm³/mol. The van der Waals surface area contributed by atoms with E-state index in [1.54, 1.807) is 11.3 Å². The number of hydrogen-bond donors (Lipinski definition) is 0. The minimum absolute atomic E-state index is 0.0112. The molecule has 144 valence electrons. The zero-order valence-electron chi connectivity index (χ0n) is 15.9. The second-order valence-corrected chi connectivity index (χ2v) is 9.36. The lowest BCUT2D eigenvalue weighted by molar-refractivity contribution is 0.0986. The molecule has 1 aliphatic rings. The first kappa shape index (κ1) is 19.0. The van der Waals surface area contributed by atoms with E-state index in [4.69, 9.17) is 4.74 Å². The summed E-state index contributed by atoms with van der Waals surface area (Å²) in [6, 6.07) is 15.6. The van der Waals surface area contributed by atoms with Gasteiger partial charge in [0.15, 0.2) is 0 Å². The normalized spacial score (nSPS) is 16.4. The molecule has 0 fully saturated rings. The highest BCUT2D eigenvalue weighted by molar-refractivity contribution is 8.00. The van der Waals surface area contributed by atoms with E-state index in [1.165, 1.54) is 0 Å². The number of aromatic nitrogens is 1. The molecule has 1 aliphatic heterocycles. The Morgan fingerprint density at radius 2 is 2.11 bits per heavy atom. The third-order valence-electron chi connectivity index (χ3n) is 4.62. The summed E-state index contributed by atoms with van der Waals surface area (Å²) in [4.78, 5) is 20.8. The number of para-hydroxylation sites is 1. The highest BCUT2D eigenvalue weighted by atomic mass is 32.2. The van der Waals surface area contributed by atoms with Gasteiger partial charge < -0.3 is 9.64 Å². The van der Waals surface area contributed by atoms with E-state index in [2.05, 4.69) is 18.0 Å². The molecule has 28 heavy (non-hydrogen) atoms. The molecule has 4 nitrogen and oxygen atoms in total. The van der Waals surface area contributed by atoms with Crippen LogP contribution in [-0.4, -0.2) is 22.7 Å². The summed E-state index contributed by atoms with van der Waals surface area (Å²) < 4.78 is 5.86. The van der Waals surface area contributed by atoms with Gasteiger partial charge in [-0.25, -0.2) is 4.98 Å². The van der Waals surface area contributed by atoms with Crippen molar-refractivity contribution in [1.82, 2.24) is 4.98 Å². The van der Waals surface area contributed by atoms with E-state index in [9.17, 15) is 4.79 Å². The maximum atomic E-state index is 13.3. The maximum Gasteiger partial charge on any atom is 0.258 e. The number of benzene rings is 2. The molecular formula is C22H22N2O2S2. The summed E-state index contributed by atoms with van der Waals surface area (Å²) in [6.45, 7) is 5.31. The van der Waals surface area contributed by atoms with Crippen molar-refractivity contribution in [2.45, 2.75) is 37.0 Å². The number of amides is 1. The Hall–Kier alpha value is -2.31. The molecule has 0 aliphatic carbocycles. The number of thioether (sulfide) groups is 1. The van der Waals surface area contributed by atoms with Crippen molar-refractivity contribution in [3.8, 4) is 5.75 Å². The number of aryl methyl sites for hydroxylation is 1. The van der Waals surface area contributed by atoms with Crippen molar-refractivity contribution in [2.24, 2.45) is 0 Å². The molecule has 0 radical (unpaired) electrons. The summed E-state index contributed by atoms with van der Waals surface area (Å²) >= 11 is 3.44. The number of carbonyl (C=O) groups is 1. The Balaban J connectivity index is 1.55. The summed E-state index contributed by atoms with van der Waals surface area (Å²) in [5, 5.41) is 3.50. The van der Waals surface area contributed by atoms with Crippen molar-refractivity contribution in [2.75, 3.05) is 11.4 Å². The monoisotopic (exact) mass is 410 g/mol. The van der Waals surface area contributed by atoms with Gasteiger partial charge in [-0.05, 0) is 43.7 Å². The van der Waals surface area contributed by atoms with Gasteiger partial charge in [0.1, 0.15) is 12.4 Å². The van der Waals surface area contributed by atoms with Crippen LogP contribution in [0.5, 0.6) is 5.75 Å². The van der Waals surface area contributed by atoms with E-state index in [1.807, 2.05) is 71.4 Å².